The first-order chi connectivity index (χ1) is 15.3. The summed E-state index contributed by atoms with van der Waals surface area (Å²) in [5.41, 5.74) is 1.80. The molecule has 0 spiro atoms. The highest BCUT2D eigenvalue weighted by molar-refractivity contribution is 5.94. The molecule has 2 aromatic carbocycles. The second-order valence-corrected chi connectivity index (χ2v) is 6.22. The molecule has 0 aliphatic heterocycles. The number of aromatic nitrogens is 2. The summed E-state index contributed by atoms with van der Waals surface area (Å²) in [5, 5.41) is 15.0. The number of hydrogen-bond acceptors (Lipinski definition) is 8. The Hall–Kier alpha value is -4.61. The molecule has 0 saturated carbocycles. The quantitative estimate of drug-likeness (QED) is 0.324. The molecule has 12 heteroatoms. The van der Waals surface area contributed by atoms with Crippen LogP contribution in [0.25, 0.3) is 11.3 Å². The lowest BCUT2D eigenvalue weighted by molar-refractivity contribution is -0.385. The van der Waals surface area contributed by atoms with Gasteiger partial charge in [-0.05, 0) is 36.4 Å². The van der Waals surface area contributed by atoms with Crippen molar-refractivity contribution in [3.05, 3.63) is 80.1 Å². The molecule has 1 aromatic heterocycles. The van der Waals surface area contributed by atoms with E-state index in [1.807, 2.05) is 0 Å². The number of nitro groups is 1. The first-order valence-electron chi connectivity index (χ1n) is 8.93. The maximum Gasteiger partial charge on any atom is 0.346 e. The van der Waals surface area contributed by atoms with Crippen molar-refractivity contribution < 1.29 is 23.6 Å². The number of nitrogens with zero attached hydrogens (tertiary/aromatic N) is 3. The lowest BCUT2D eigenvalue weighted by Crippen LogP contribution is -2.24. The molecule has 0 bridgehead atoms. The van der Waals surface area contributed by atoms with Gasteiger partial charge in [0, 0.05) is 17.2 Å². The average Bonchev–Trinajstić information content (AvgIpc) is 2.78. The predicted octanol–water partition coefficient (Wildman–Crippen LogP) is 2.27. The van der Waals surface area contributed by atoms with Crippen LogP contribution in [0.3, 0.4) is 0 Å². The van der Waals surface area contributed by atoms with Gasteiger partial charge in [0.15, 0.2) is 5.75 Å². The predicted molar refractivity (Wildman–Crippen MR) is 112 cm³/mol. The van der Waals surface area contributed by atoms with E-state index in [4.69, 9.17) is 9.47 Å². The second-order valence-electron chi connectivity index (χ2n) is 6.22. The van der Waals surface area contributed by atoms with E-state index in [0.29, 0.717) is 5.56 Å². The largest absolute Gasteiger partial charge is 0.493 e. The molecule has 0 aliphatic rings. The zero-order chi connectivity index (χ0) is 23.3. The van der Waals surface area contributed by atoms with Crippen molar-refractivity contribution in [2.75, 3.05) is 14.2 Å². The van der Waals surface area contributed by atoms with Crippen LogP contribution in [0.1, 0.15) is 16.1 Å². The highest BCUT2D eigenvalue weighted by atomic mass is 19.1. The number of hydrogen-bond donors (Lipinski definition) is 2. The molecular formula is C20H16FN5O6. The number of nitrogens with one attached hydrogen (secondary N) is 2. The van der Waals surface area contributed by atoms with Gasteiger partial charge in [-0.3, -0.25) is 14.9 Å². The number of carbonyl (C=O) groups excluding carboxylic acids is 1. The molecule has 0 atom stereocenters. The Kier molecular flexibility index (Phi) is 6.53. The molecule has 0 unspecified atom stereocenters. The van der Waals surface area contributed by atoms with Crippen LogP contribution in [0, 0.1) is 15.9 Å². The van der Waals surface area contributed by atoms with Gasteiger partial charge >= 0.3 is 11.4 Å². The maximum atomic E-state index is 13.1. The van der Waals surface area contributed by atoms with Crippen molar-refractivity contribution in [3.63, 3.8) is 0 Å². The van der Waals surface area contributed by atoms with Crippen LogP contribution in [0.5, 0.6) is 11.5 Å². The number of ether oxygens (including phenoxy) is 2. The molecule has 3 rings (SSSR count). The van der Waals surface area contributed by atoms with E-state index in [-0.39, 0.29) is 34.1 Å². The molecule has 32 heavy (non-hydrogen) atoms. The van der Waals surface area contributed by atoms with Gasteiger partial charge in [-0.15, -0.1) is 0 Å². The third-order valence-electron chi connectivity index (χ3n) is 4.19. The van der Waals surface area contributed by atoms with Crippen molar-refractivity contribution >= 4 is 17.8 Å². The number of methoxy groups -OCH3 is 2. The molecule has 0 fully saturated rings. The van der Waals surface area contributed by atoms with Gasteiger partial charge in [0.1, 0.15) is 11.5 Å². The SMILES string of the molecule is COc1cc(/C=N/NC(=O)c2cc(-c3ccc(F)cc3)nc(=O)[nH]2)cc([N+](=O)[O-])c1OC. The molecule has 0 saturated heterocycles. The molecule has 164 valence electrons. The Labute approximate surface area is 179 Å². The minimum atomic E-state index is -0.781. The summed E-state index contributed by atoms with van der Waals surface area (Å²) in [7, 11) is 2.59. The molecular weight excluding hydrogens is 425 g/mol. The molecule has 1 amide bonds. The highest BCUT2D eigenvalue weighted by Crippen LogP contribution is 2.37. The zero-order valence-electron chi connectivity index (χ0n) is 16.8. The van der Waals surface area contributed by atoms with Gasteiger partial charge in [0.2, 0.25) is 5.75 Å². The van der Waals surface area contributed by atoms with Crippen LogP contribution >= 0.6 is 0 Å². The fourth-order valence-corrected chi connectivity index (χ4v) is 2.75. The third-order valence-corrected chi connectivity index (χ3v) is 4.19. The van der Waals surface area contributed by atoms with Crippen LogP contribution in [0.4, 0.5) is 10.1 Å². The average molecular weight is 441 g/mol. The van der Waals surface area contributed by atoms with Crippen molar-refractivity contribution in [1.82, 2.24) is 15.4 Å². The van der Waals surface area contributed by atoms with Gasteiger partial charge in [0.05, 0.1) is 31.1 Å². The van der Waals surface area contributed by atoms with E-state index in [0.717, 1.165) is 6.21 Å². The number of H-pyrrole nitrogens is 1. The van der Waals surface area contributed by atoms with Crippen LogP contribution in [-0.2, 0) is 0 Å². The standard InChI is InChI=1S/C20H16FN5O6/c1-31-17-8-11(7-16(26(29)30)18(17)32-2)10-22-25-19(27)15-9-14(23-20(28)24-15)12-3-5-13(21)6-4-12/h3-10H,1-2H3,(H,25,27)(H,23,24,28)/b22-10+. The van der Waals surface area contributed by atoms with Crippen LogP contribution in [0.2, 0.25) is 0 Å². The molecule has 1 heterocycles. The summed E-state index contributed by atoms with van der Waals surface area (Å²) >= 11 is 0. The van der Waals surface area contributed by atoms with E-state index in [9.17, 15) is 24.1 Å². The highest BCUT2D eigenvalue weighted by Gasteiger charge is 2.21. The number of rotatable bonds is 7. The van der Waals surface area contributed by atoms with Crippen molar-refractivity contribution in [2.45, 2.75) is 0 Å². The second kappa shape index (κ2) is 9.47. The van der Waals surface area contributed by atoms with Gasteiger partial charge in [-0.1, -0.05) is 0 Å². The first kappa shape index (κ1) is 22.1. The van der Waals surface area contributed by atoms with Crippen molar-refractivity contribution in [1.29, 1.82) is 0 Å². The van der Waals surface area contributed by atoms with Crippen molar-refractivity contribution in [3.8, 4) is 22.8 Å². The number of halogens is 1. The summed E-state index contributed by atoms with van der Waals surface area (Å²) in [4.78, 5) is 40.9. The van der Waals surface area contributed by atoms with Crippen molar-refractivity contribution in [2.24, 2.45) is 5.10 Å². The number of benzene rings is 2. The van der Waals surface area contributed by atoms with E-state index >= 15 is 0 Å². The summed E-state index contributed by atoms with van der Waals surface area (Å²) in [6, 6.07) is 9.16. The van der Waals surface area contributed by atoms with E-state index in [2.05, 4.69) is 20.5 Å². The minimum Gasteiger partial charge on any atom is -0.493 e. The van der Waals surface area contributed by atoms with Crippen LogP contribution in [-0.4, -0.2) is 41.2 Å². The molecule has 2 N–H and O–H groups in total. The number of nitro benzene ring substituents is 1. The molecule has 0 aliphatic carbocycles. The number of carbonyl (C=O) groups is 1. The molecule has 11 nitrogen and oxygen atoms in total. The Bertz CT molecular complexity index is 1260. The van der Waals surface area contributed by atoms with Gasteiger partial charge in [-0.25, -0.2) is 14.6 Å². The van der Waals surface area contributed by atoms with E-state index < -0.39 is 22.3 Å². The summed E-state index contributed by atoms with van der Waals surface area (Å²) in [5.74, 6) is -1.17. The topological polar surface area (TPSA) is 149 Å². The lowest BCUT2D eigenvalue weighted by Gasteiger charge is -2.08. The Balaban J connectivity index is 1.83. The monoisotopic (exact) mass is 441 g/mol. The fraction of sp³-hybridized carbons (Fsp3) is 0.100. The van der Waals surface area contributed by atoms with E-state index in [1.54, 1.807) is 0 Å². The maximum absolute atomic E-state index is 13.1. The fourth-order valence-electron chi connectivity index (χ4n) is 2.75. The van der Waals surface area contributed by atoms with Crippen LogP contribution in [0.15, 0.2) is 52.4 Å². The number of hydrazone groups is 1. The molecule has 3 aromatic rings. The van der Waals surface area contributed by atoms with Crippen LogP contribution < -0.4 is 20.6 Å². The smallest absolute Gasteiger partial charge is 0.346 e. The zero-order valence-corrected chi connectivity index (χ0v) is 16.8. The lowest BCUT2D eigenvalue weighted by atomic mass is 10.1. The van der Waals surface area contributed by atoms with Gasteiger partial charge in [-0.2, -0.15) is 10.1 Å². The first-order valence-corrected chi connectivity index (χ1v) is 8.93. The number of aromatic amines is 1. The minimum absolute atomic E-state index is 0.0543. The van der Waals surface area contributed by atoms with Gasteiger partial charge in [0.25, 0.3) is 5.91 Å². The summed E-state index contributed by atoms with van der Waals surface area (Å²) in [6.07, 6.45) is 1.16. The third kappa shape index (κ3) is 4.92. The van der Waals surface area contributed by atoms with E-state index in [1.165, 1.54) is 56.7 Å². The summed E-state index contributed by atoms with van der Waals surface area (Å²) < 4.78 is 23.2. The normalized spacial score (nSPS) is 10.7. The Morgan fingerprint density at radius 2 is 1.94 bits per heavy atom. The van der Waals surface area contributed by atoms with Gasteiger partial charge < -0.3 is 14.5 Å². The Morgan fingerprint density at radius 1 is 1.22 bits per heavy atom. The Morgan fingerprint density at radius 3 is 2.56 bits per heavy atom. The number of amides is 1. The molecule has 0 radical (unpaired) electrons. The summed E-state index contributed by atoms with van der Waals surface area (Å²) in [6.45, 7) is 0.